The van der Waals surface area contributed by atoms with Crippen molar-refractivity contribution in [2.75, 3.05) is 12.9 Å². The van der Waals surface area contributed by atoms with Crippen LogP contribution in [0, 0.1) is 11.3 Å². The Labute approximate surface area is 102 Å². The molecule has 2 rings (SSSR count). The highest BCUT2D eigenvalue weighted by atomic mass is 32.2. The molecule has 0 radical (unpaired) electrons. The SMILES string of the molecule is COc1ccccc1-n1nnnc1SCC#N. The summed E-state index contributed by atoms with van der Waals surface area (Å²) < 4.78 is 6.79. The van der Waals surface area contributed by atoms with E-state index in [2.05, 4.69) is 15.5 Å². The number of methoxy groups -OCH3 is 1. The second-order valence-electron chi connectivity index (χ2n) is 2.99. The molecule has 0 aliphatic heterocycles. The molecule has 7 heteroatoms. The first-order valence-electron chi connectivity index (χ1n) is 4.78. The number of ether oxygens (including phenoxy) is 1. The molecule has 86 valence electrons. The molecule has 6 nitrogen and oxygen atoms in total. The largest absolute Gasteiger partial charge is 0.494 e. The maximum atomic E-state index is 8.55. The zero-order chi connectivity index (χ0) is 12.1. The van der Waals surface area contributed by atoms with Gasteiger partial charge in [-0.05, 0) is 22.6 Å². The molecule has 2 aromatic rings. The number of thioether (sulfide) groups is 1. The number of nitrogens with zero attached hydrogens (tertiary/aromatic N) is 5. The van der Waals surface area contributed by atoms with Gasteiger partial charge in [0.2, 0.25) is 5.16 Å². The number of hydrogen-bond acceptors (Lipinski definition) is 6. The lowest BCUT2D eigenvalue weighted by molar-refractivity contribution is 0.410. The van der Waals surface area contributed by atoms with Gasteiger partial charge in [0.1, 0.15) is 11.4 Å². The molecule has 0 N–H and O–H groups in total. The van der Waals surface area contributed by atoms with Gasteiger partial charge in [0.25, 0.3) is 0 Å². The molecule has 0 atom stereocenters. The fraction of sp³-hybridized carbons (Fsp3) is 0.200. The highest BCUT2D eigenvalue weighted by Crippen LogP contribution is 2.25. The van der Waals surface area contributed by atoms with Crippen LogP contribution in [0.25, 0.3) is 5.69 Å². The third-order valence-electron chi connectivity index (χ3n) is 2.02. The fourth-order valence-corrected chi connectivity index (χ4v) is 1.87. The monoisotopic (exact) mass is 247 g/mol. The summed E-state index contributed by atoms with van der Waals surface area (Å²) in [6, 6.07) is 9.46. The van der Waals surface area contributed by atoms with Crippen molar-refractivity contribution in [3.63, 3.8) is 0 Å². The van der Waals surface area contributed by atoms with E-state index in [0.717, 1.165) is 5.69 Å². The minimum absolute atomic E-state index is 0.301. The van der Waals surface area contributed by atoms with Crippen LogP contribution < -0.4 is 4.74 Å². The first kappa shape index (κ1) is 11.4. The van der Waals surface area contributed by atoms with Crippen LogP contribution in [0.1, 0.15) is 0 Å². The Bertz CT molecular complexity index is 548. The first-order chi connectivity index (χ1) is 8.36. The zero-order valence-corrected chi connectivity index (χ0v) is 9.89. The summed E-state index contributed by atoms with van der Waals surface area (Å²) >= 11 is 1.28. The maximum Gasteiger partial charge on any atom is 0.215 e. The number of hydrogen-bond donors (Lipinski definition) is 0. The van der Waals surface area contributed by atoms with Crippen molar-refractivity contribution in [1.82, 2.24) is 20.2 Å². The molecule has 1 aromatic heterocycles. The zero-order valence-electron chi connectivity index (χ0n) is 9.07. The summed E-state index contributed by atoms with van der Waals surface area (Å²) in [5.41, 5.74) is 0.750. The molecular weight excluding hydrogens is 238 g/mol. The summed E-state index contributed by atoms with van der Waals surface area (Å²) in [7, 11) is 1.59. The third-order valence-corrected chi connectivity index (χ3v) is 2.81. The van der Waals surface area contributed by atoms with Gasteiger partial charge in [-0.15, -0.1) is 5.10 Å². The Hall–Kier alpha value is -2.07. The minimum atomic E-state index is 0.301. The molecule has 0 amide bonds. The van der Waals surface area contributed by atoms with Crippen LogP contribution in [0.3, 0.4) is 0 Å². The Morgan fingerprint density at radius 3 is 3.06 bits per heavy atom. The van der Waals surface area contributed by atoms with Crippen molar-refractivity contribution >= 4 is 11.8 Å². The van der Waals surface area contributed by atoms with E-state index in [0.29, 0.717) is 16.7 Å². The van der Waals surface area contributed by atoms with E-state index in [1.807, 2.05) is 30.3 Å². The van der Waals surface area contributed by atoms with Gasteiger partial charge in [-0.25, -0.2) is 0 Å². The molecule has 0 unspecified atom stereocenters. The Kier molecular flexibility index (Phi) is 3.57. The third kappa shape index (κ3) is 2.37. The number of aromatic nitrogens is 4. The smallest absolute Gasteiger partial charge is 0.215 e. The minimum Gasteiger partial charge on any atom is -0.494 e. The molecule has 0 saturated carbocycles. The van der Waals surface area contributed by atoms with E-state index in [1.165, 1.54) is 11.8 Å². The lowest BCUT2D eigenvalue weighted by Gasteiger charge is -2.07. The van der Waals surface area contributed by atoms with Gasteiger partial charge < -0.3 is 4.74 Å². The van der Waals surface area contributed by atoms with Crippen molar-refractivity contribution in [3.8, 4) is 17.5 Å². The van der Waals surface area contributed by atoms with Crippen molar-refractivity contribution in [3.05, 3.63) is 24.3 Å². The van der Waals surface area contributed by atoms with Crippen LogP contribution in [0.4, 0.5) is 0 Å². The predicted molar refractivity (Wildman–Crippen MR) is 62.0 cm³/mol. The summed E-state index contributed by atoms with van der Waals surface area (Å²) in [6.07, 6.45) is 0. The summed E-state index contributed by atoms with van der Waals surface area (Å²) in [5, 5.41) is 20.5. The summed E-state index contributed by atoms with van der Waals surface area (Å²) in [5.74, 6) is 0.980. The predicted octanol–water partition coefficient (Wildman–Crippen LogP) is 1.29. The van der Waals surface area contributed by atoms with Crippen molar-refractivity contribution in [2.45, 2.75) is 5.16 Å². The van der Waals surface area contributed by atoms with Crippen molar-refractivity contribution < 1.29 is 4.74 Å². The molecular formula is C10H9N5OS. The topological polar surface area (TPSA) is 76.6 Å². The average Bonchev–Trinajstić information content (AvgIpc) is 2.84. The molecule has 0 fully saturated rings. The number of benzene rings is 1. The molecule has 0 aliphatic carbocycles. The van der Waals surface area contributed by atoms with Crippen LogP contribution in [0.15, 0.2) is 29.4 Å². The standard InChI is InChI=1S/C10H9N5OS/c1-16-9-5-3-2-4-8(9)15-10(12-13-14-15)17-7-6-11/h2-5H,7H2,1H3. The molecule has 0 bridgehead atoms. The molecule has 1 aromatic carbocycles. The van der Waals surface area contributed by atoms with Crippen molar-refractivity contribution in [2.24, 2.45) is 0 Å². The van der Waals surface area contributed by atoms with Crippen LogP contribution >= 0.6 is 11.8 Å². The Morgan fingerprint density at radius 1 is 1.47 bits per heavy atom. The number of nitriles is 1. The average molecular weight is 247 g/mol. The van der Waals surface area contributed by atoms with E-state index in [1.54, 1.807) is 11.8 Å². The number of para-hydroxylation sites is 2. The maximum absolute atomic E-state index is 8.55. The second kappa shape index (κ2) is 5.32. The lowest BCUT2D eigenvalue weighted by Crippen LogP contribution is -2.01. The van der Waals surface area contributed by atoms with Crippen LogP contribution in [-0.2, 0) is 0 Å². The second-order valence-corrected chi connectivity index (χ2v) is 3.93. The summed E-state index contributed by atoms with van der Waals surface area (Å²) in [6.45, 7) is 0. The first-order valence-corrected chi connectivity index (χ1v) is 5.77. The Morgan fingerprint density at radius 2 is 2.29 bits per heavy atom. The van der Waals surface area contributed by atoms with Crippen LogP contribution in [-0.4, -0.2) is 33.1 Å². The normalized spacial score (nSPS) is 9.88. The molecule has 0 spiro atoms. The lowest BCUT2D eigenvalue weighted by atomic mass is 10.3. The fourth-order valence-electron chi connectivity index (χ4n) is 1.32. The quantitative estimate of drug-likeness (QED) is 0.757. The highest BCUT2D eigenvalue weighted by molar-refractivity contribution is 7.99. The van der Waals surface area contributed by atoms with E-state index >= 15 is 0 Å². The van der Waals surface area contributed by atoms with E-state index < -0.39 is 0 Å². The summed E-state index contributed by atoms with van der Waals surface area (Å²) in [4.78, 5) is 0. The molecule has 0 saturated heterocycles. The van der Waals surface area contributed by atoms with Crippen LogP contribution in [0.2, 0.25) is 0 Å². The molecule has 1 heterocycles. The molecule has 17 heavy (non-hydrogen) atoms. The van der Waals surface area contributed by atoms with Gasteiger partial charge in [0.05, 0.1) is 18.9 Å². The van der Waals surface area contributed by atoms with Gasteiger partial charge >= 0.3 is 0 Å². The van der Waals surface area contributed by atoms with E-state index in [-0.39, 0.29) is 0 Å². The van der Waals surface area contributed by atoms with Gasteiger partial charge in [0.15, 0.2) is 0 Å². The van der Waals surface area contributed by atoms with Gasteiger partial charge in [-0.2, -0.15) is 9.94 Å². The van der Waals surface area contributed by atoms with Gasteiger partial charge in [0, 0.05) is 0 Å². The van der Waals surface area contributed by atoms with E-state index in [9.17, 15) is 0 Å². The van der Waals surface area contributed by atoms with Gasteiger partial charge in [-0.1, -0.05) is 23.9 Å². The highest BCUT2D eigenvalue weighted by Gasteiger charge is 2.12. The number of rotatable bonds is 4. The number of tetrazole rings is 1. The van der Waals surface area contributed by atoms with Crippen LogP contribution in [0.5, 0.6) is 5.75 Å². The van der Waals surface area contributed by atoms with E-state index in [4.69, 9.17) is 10.00 Å². The van der Waals surface area contributed by atoms with Gasteiger partial charge in [-0.3, -0.25) is 0 Å². The Balaban J connectivity index is 2.39. The van der Waals surface area contributed by atoms with Crippen molar-refractivity contribution in [1.29, 1.82) is 5.26 Å². The molecule has 0 aliphatic rings.